The third kappa shape index (κ3) is 5.09. The van der Waals surface area contributed by atoms with Crippen LogP contribution >= 0.6 is 0 Å². The van der Waals surface area contributed by atoms with Gasteiger partial charge in [-0.3, -0.25) is 4.99 Å². The summed E-state index contributed by atoms with van der Waals surface area (Å²) in [5.74, 6) is 0.194. The molecule has 0 radical (unpaired) electrons. The Bertz CT molecular complexity index is 157. The Balaban J connectivity index is 3.81. The summed E-state index contributed by atoms with van der Waals surface area (Å²) in [7, 11) is 0. The largest absolute Gasteiger partial charge is 0.506 e. The molecular weight excluding hydrogens is 126 g/mol. The summed E-state index contributed by atoms with van der Waals surface area (Å²) in [6, 6.07) is 0. The Morgan fingerprint density at radius 3 is 2.80 bits per heavy atom. The van der Waals surface area contributed by atoms with Gasteiger partial charge in [-0.2, -0.15) is 0 Å². The lowest BCUT2D eigenvalue weighted by Crippen LogP contribution is -1.81. The number of aliphatic hydroxyl groups is 1. The van der Waals surface area contributed by atoms with Crippen LogP contribution in [-0.2, 0) is 0 Å². The van der Waals surface area contributed by atoms with Crippen LogP contribution in [0.3, 0.4) is 0 Å². The summed E-state index contributed by atoms with van der Waals surface area (Å²) in [6.45, 7) is 4.51. The summed E-state index contributed by atoms with van der Waals surface area (Å²) in [6.07, 6.45) is 6.65. The molecule has 2 heteroatoms. The van der Waals surface area contributed by atoms with E-state index in [9.17, 15) is 0 Å². The van der Waals surface area contributed by atoms with Gasteiger partial charge >= 0.3 is 0 Å². The number of allylic oxidation sites excluding steroid dienone is 4. The van der Waals surface area contributed by atoms with Crippen molar-refractivity contribution in [3.05, 3.63) is 24.0 Å². The molecule has 0 aliphatic heterocycles. The molecule has 2 nitrogen and oxygen atoms in total. The van der Waals surface area contributed by atoms with Gasteiger partial charge in [0.05, 0.1) is 6.21 Å². The minimum absolute atomic E-state index is 0.194. The Hall–Kier alpha value is -1.05. The number of nitrogens with zero attached hydrogens (tertiary/aromatic N) is 1. The maximum atomic E-state index is 8.97. The number of hydrogen-bond donors (Lipinski definition) is 1. The van der Waals surface area contributed by atoms with Crippen LogP contribution < -0.4 is 0 Å². The maximum Gasteiger partial charge on any atom is 0.133 e. The highest BCUT2D eigenvalue weighted by Gasteiger charge is 1.78. The maximum absolute atomic E-state index is 8.97. The molecule has 0 saturated heterocycles. The number of rotatable bonds is 3. The molecule has 0 aliphatic carbocycles. The highest BCUT2D eigenvalue weighted by Crippen LogP contribution is 1.84. The Labute approximate surface area is 61.6 Å². The molecule has 0 heterocycles. The van der Waals surface area contributed by atoms with E-state index in [2.05, 4.69) is 4.99 Å². The van der Waals surface area contributed by atoms with Gasteiger partial charge in [0.15, 0.2) is 0 Å². The molecule has 1 N–H and O–H groups in total. The van der Waals surface area contributed by atoms with Crippen LogP contribution in [0.2, 0.25) is 0 Å². The Morgan fingerprint density at radius 1 is 1.60 bits per heavy atom. The molecule has 0 saturated carbocycles. The van der Waals surface area contributed by atoms with Crippen LogP contribution in [-0.4, -0.2) is 17.9 Å². The zero-order valence-electron chi connectivity index (χ0n) is 6.41. The van der Waals surface area contributed by atoms with Gasteiger partial charge < -0.3 is 5.11 Å². The van der Waals surface area contributed by atoms with E-state index in [-0.39, 0.29) is 5.76 Å². The van der Waals surface area contributed by atoms with Crippen LogP contribution in [0.15, 0.2) is 29.0 Å². The summed E-state index contributed by atoms with van der Waals surface area (Å²) >= 11 is 0. The molecule has 0 spiro atoms. The van der Waals surface area contributed by atoms with Crippen molar-refractivity contribution in [2.75, 3.05) is 6.54 Å². The molecule has 0 amide bonds. The topological polar surface area (TPSA) is 32.6 Å². The summed E-state index contributed by atoms with van der Waals surface area (Å²) in [5, 5.41) is 8.97. The highest BCUT2D eigenvalue weighted by atomic mass is 16.3. The normalized spacial score (nSPS) is 13.6. The molecule has 0 unspecified atom stereocenters. The molecule has 0 aromatic heterocycles. The molecular formula is C8H13NO. The molecule has 0 bridgehead atoms. The monoisotopic (exact) mass is 139 g/mol. The van der Waals surface area contributed by atoms with Crippen molar-refractivity contribution in [3.8, 4) is 0 Å². The molecule has 0 aromatic rings. The highest BCUT2D eigenvalue weighted by molar-refractivity contribution is 5.75. The first-order valence-corrected chi connectivity index (χ1v) is 3.33. The minimum atomic E-state index is 0.194. The van der Waals surface area contributed by atoms with Gasteiger partial charge in [0.25, 0.3) is 0 Å². The van der Waals surface area contributed by atoms with Gasteiger partial charge in [0.1, 0.15) is 5.76 Å². The molecule has 0 fully saturated rings. The van der Waals surface area contributed by atoms with E-state index in [1.165, 1.54) is 6.21 Å². The van der Waals surface area contributed by atoms with Crippen molar-refractivity contribution in [2.24, 2.45) is 4.99 Å². The van der Waals surface area contributed by atoms with Gasteiger partial charge in [-0.15, -0.1) is 0 Å². The van der Waals surface area contributed by atoms with Crippen molar-refractivity contribution in [1.29, 1.82) is 0 Å². The van der Waals surface area contributed by atoms with Gasteiger partial charge in [-0.1, -0.05) is 12.2 Å². The van der Waals surface area contributed by atoms with Crippen molar-refractivity contribution >= 4 is 6.21 Å². The second-order valence-corrected chi connectivity index (χ2v) is 1.75. The average Bonchev–Trinajstić information content (AvgIpc) is 1.97. The summed E-state index contributed by atoms with van der Waals surface area (Å²) in [5.41, 5.74) is 0. The number of aliphatic hydroxyl groups excluding tert-OH is 1. The summed E-state index contributed by atoms with van der Waals surface area (Å²) < 4.78 is 0. The first-order chi connectivity index (χ1) is 4.81. The lowest BCUT2D eigenvalue weighted by molar-refractivity contribution is 0.446. The predicted octanol–water partition coefficient (Wildman–Crippen LogP) is 2.10. The van der Waals surface area contributed by atoms with Crippen molar-refractivity contribution in [2.45, 2.75) is 13.8 Å². The van der Waals surface area contributed by atoms with E-state index in [1.54, 1.807) is 12.2 Å². The first kappa shape index (κ1) is 8.95. The van der Waals surface area contributed by atoms with Gasteiger partial charge in [-0.05, 0) is 19.9 Å². The average molecular weight is 139 g/mol. The molecule has 0 aliphatic rings. The van der Waals surface area contributed by atoms with E-state index in [0.29, 0.717) is 6.54 Å². The Kier molecular flexibility index (Phi) is 5.44. The molecule has 0 atom stereocenters. The molecule has 0 aromatic carbocycles. The smallest absolute Gasteiger partial charge is 0.133 e. The third-order valence-electron chi connectivity index (χ3n) is 0.866. The number of aliphatic imine (C=N–C) groups is 1. The van der Waals surface area contributed by atoms with Crippen LogP contribution in [0.5, 0.6) is 0 Å². The van der Waals surface area contributed by atoms with Crippen LogP contribution in [0, 0.1) is 0 Å². The lowest BCUT2D eigenvalue weighted by atomic mass is 10.4. The molecule has 10 heavy (non-hydrogen) atoms. The molecule has 56 valence electrons. The minimum Gasteiger partial charge on any atom is -0.506 e. The van der Waals surface area contributed by atoms with E-state index in [0.717, 1.165) is 0 Å². The lowest BCUT2D eigenvalue weighted by Gasteiger charge is -1.85. The fourth-order valence-corrected chi connectivity index (χ4v) is 0.423. The van der Waals surface area contributed by atoms with Crippen LogP contribution in [0.1, 0.15) is 13.8 Å². The van der Waals surface area contributed by atoms with E-state index >= 15 is 0 Å². The van der Waals surface area contributed by atoms with Crippen molar-refractivity contribution in [3.63, 3.8) is 0 Å². The van der Waals surface area contributed by atoms with Crippen LogP contribution in [0.25, 0.3) is 0 Å². The SMILES string of the molecule is C/C=C/C=C(/O)C=NCC. The summed E-state index contributed by atoms with van der Waals surface area (Å²) in [4.78, 5) is 3.85. The zero-order valence-corrected chi connectivity index (χ0v) is 6.41. The van der Waals surface area contributed by atoms with E-state index in [4.69, 9.17) is 5.11 Å². The van der Waals surface area contributed by atoms with Gasteiger partial charge in [0, 0.05) is 6.54 Å². The van der Waals surface area contributed by atoms with E-state index < -0.39 is 0 Å². The zero-order chi connectivity index (χ0) is 7.82. The predicted molar refractivity (Wildman–Crippen MR) is 44.6 cm³/mol. The first-order valence-electron chi connectivity index (χ1n) is 3.33. The third-order valence-corrected chi connectivity index (χ3v) is 0.866. The fourth-order valence-electron chi connectivity index (χ4n) is 0.423. The van der Waals surface area contributed by atoms with E-state index in [1.807, 2.05) is 19.9 Å². The van der Waals surface area contributed by atoms with Crippen molar-refractivity contribution < 1.29 is 5.11 Å². The standard InChI is InChI=1S/C8H13NO/c1-3-5-6-8(10)7-9-4-2/h3,5-7,10H,4H2,1-2H3/b5-3+,8-6+,9-7?. The fraction of sp³-hybridized carbons (Fsp3) is 0.375. The quantitative estimate of drug-likeness (QED) is 0.362. The van der Waals surface area contributed by atoms with Crippen molar-refractivity contribution in [1.82, 2.24) is 0 Å². The van der Waals surface area contributed by atoms with Gasteiger partial charge in [-0.25, -0.2) is 0 Å². The number of hydrogen-bond acceptors (Lipinski definition) is 2. The van der Waals surface area contributed by atoms with Crippen LogP contribution in [0.4, 0.5) is 0 Å². The Morgan fingerprint density at radius 2 is 2.30 bits per heavy atom. The molecule has 0 rings (SSSR count). The van der Waals surface area contributed by atoms with Gasteiger partial charge in [0.2, 0.25) is 0 Å². The second-order valence-electron chi connectivity index (χ2n) is 1.75. The second kappa shape index (κ2) is 6.08.